The Labute approximate surface area is 134 Å². The molecule has 1 atom stereocenters. The first-order valence-corrected chi connectivity index (χ1v) is 9.06. The van der Waals surface area contributed by atoms with Crippen molar-refractivity contribution in [3.63, 3.8) is 0 Å². The molecule has 1 saturated heterocycles. The zero-order valence-corrected chi connectivity index (χ0v) is 14.2. The van der Waals surface area contributed by atoms with Gasteiger partial charge in [-0.2, -0.15) is 0 Å². The SMILES string of the molecule is CCOC(=O)C1CCN(C(=O)C[C@H](C)C2CCCCC2)CC1. The quantitative estimate of drug-likeness (QED) is 0.731. The van der Waals surface area contributed by atoms with Gasteiger partial charge in [0.15, 0.2) is 0 Å². The summed E-state index contributed by atoms with van der Waals surface area (Å²) in [7, 11) is 0. The van der Waals surface area contributed by atoms with Gasteiger partial charge in [0, 0.05) is 19.5 Å². The highest BCUT2D eigenvalue weighted by atomic mass is 16.5. The number of hydrogen-bond acceptors (Lipinski definition) is 3. The molecule has 1 heterocycles. The van der Waals surface area contributed by atoms with Crippen LogP contribution in [0.2, 0.25) is 0 Å². The molecule has 126 valence electrons. The van der Waals surface area contributed by atoms with Crippen molar-refractivity contribution in [3.05, 3.63) is 0 Å². The number of esters is 1. The van der Waals surface area contributed by atoms with Crippen LogP contribution in [0.15, 0.2) is 0 Å². The van der Waals surface area contributed by atoms with Crippen LogP contribution in [0.5, 0.6) is 0 Å². The number of hydrogen-bond donors (Lipinski definition) is 0. The predicted octanol–water partition coefficient (Wildman–Crippen LogP) is 3.39. The number of ether oxygens (including phenoxy) is 1. The monoisotopic (exact) mass is 309 g/mol. The number of rotatable bonds is 5. The van der Waals surface area contributed by atoms with Crippen molar-refractivity contribution < 1.29 is 14.3 Å². The molecule has 1 aliphatic heterocycles. The van der Waals surface area contributed by atoms with E-state index in [4.69, 9.17) is 4.74 Å². The molecule has 0 radical (unpaired) electrons. The van der Waals surface area contributed by atoms with Crippen molar-refractivity contribution in [2.45, 2.75) is 65.2 Å². The van der Waals surface area contributed by atoms with Gasteiger partial charge in [-0.05, 0) is 31.6 Å². The Morgan fingerprint density at radius 3 is 2.32 bits per heavy atom. The molecule has 2 fully saturated rings. The van der Waals surface area contributed by atoms with Crippen LogP contribution in [0.4, 0.5) is 0 Å². The van der Waals surface area contributed by atoms with Gasteiger partial charge in [-0.25, -0.2) is 0 Å². The van der Waals surface area contributed by atoms with E-state index < -0.39 is 0 Å². The molecule has 0 aromatic heterocycles. The maximum Gasteiger partial charge on any atom is 0.309 e. The second kappa shape index (κ2) is 8.54. The summed E-state index contributed by atoms with van der Waals surface area (Å²) in [6, 6.07) is 0. The molecule has 1 amide bonds. The highest BCUT2D eigenvalue weighted by Gasteiger charge is 2.30. The second-order valence-electron chi connectivity index (χ2n) is 6.99. The zero-order chi connectivity index (χ0) is 15.9. The first-order valence-electron chi connectivity index (χ1n) is 9.06. The summed E-state index contributed by atoms with van der Waals surface area (Å²) in [6.45, 7) is 5.93. The molecule has 0 spiro atoms. The summed E-state index contributed by atoms with van der Waals surface area (Å²) < 4.78 is 5.08. The van der Waals surface area contributed by atoms with Gasteiger partial charge in [0.1, 0.15) is 0 Å². The van der Waals surface area contributed by atoms with E-state index in [1.165, 1.54) is 32.1 Å². The molecular formula is C18H31NO3. The Hall–Kier alpha value is -1.06. The number of carbonyl (C=O) groups excluding carboxylic acids is 2. The summed E-state index contributed by atoms with van der Waals surface area (Å²) in [5, 5.41) is 0. The van der Waals surface area contributed by atoms with Gasteiger partial charge in [-0.15, -0.1) is 0 Å². The summed E-state index contributed by atoms with van der Waals surface area (Å²) in [4.78, 5) is 26.1. The highest BCUT2D eigenvalue weighted by Crippen LogP contribution is 2.32. The van der Waals surface area contributed by atoms with Crippen LogP contribution in [0.25, 0.3) is 0 Å². The molecule has 0 unspecified atom stereocenters. The van der Waals surface area contributed by atoms with Crippen molar-refractivity contribution in [1.82, 2.24) is 4.90 Å². The van der Waals surface area contributed by atoms with Crippen molar-refractivity contribution in [1.29, 1.82) is 0 Å². The molecule has 0 N–H and O–H groups in total. The number of piperidine rings is 1. The fourth-order valence-electron chi connectivity index (χ4n) is 3.90. The average molecular weight is 309 g/mol. The Morgan fingerprint density at radius 1 is 1.09 bits per heavy atom. The second-order valence-corrected chi connectivity index (χ2v) is 6.99. The van der Waals surface area contributed by atoms with Crippen LogP contribution in [0.3, 0.4) is 0 Å². The van der Waals surface area contributed by atoms with Gasteiger partial charge in [-0.1, -0.05) is 39.0 Å². The van der Waals surface area contributed by atoms with Crippen LogP contribution < -0.4 is 0 Å². The van der Waals surface area contributed by atoms with Crippen LogP contribution >= 0.6 is 0 Å². The average Bonchev–Trinajstić information content (AvgIpc) is 2.56. The molecule has 22 heavy (non-hydrogen) atoms. The first kappa shape index (κ1) is 17.3. The van der Waals surface area contributed by atoms with E-state index in [0.29, 0.717) is 32.0 Å². The minimum Gasteiger partial charge on any atom is -0.466 e. The molecule has 0 bridgehead atoms. The number of carbonyl (C=O) groups is 2. The van der Waals surface area contributed by atoms with E-state index in [-0.39, 0.29) is 17.8 Å². The van der Waals surface area contributed by atoms with E-state index in [0.717, 1.165) is 18.8 Å². The van der Waals surface area contributed by atoms with Crippen molar-refractivity contribution >= 4 is 11.9 Å². The van der Waals surface area contributed by atoms with E-state index >= 15 is 0 Å². The van der Waals surface area contributed by atoms with Crippen LogP contribution in [0.1, 0.15) is 65.2 Å². The minimum atomic E-state index is -0.0924. The Morgan fingerprint density at radius 2 is 1.73 bits per heavy atom. The van der Waals surface area contributed by atoms with Gasteiger partial charge < -0.3 is 9.64 Å². The minimum absolute atomic E-state index is 0.0141. The molecule has 0 aromatic rings. The van der Waals surface area contributed by atoms with E-state index in [1.54, 1.807) is 0 Å². The van der Waals surface area contributed by atoms with Crippen molar-refractivity contribution in [2.24, 2.45) is 17.8 Å². The molecular weight excluding hydrogens is 278 g/mol. The molecule has 1 aliphatic carbocycles. The lowest BCUT2D eigenvalue weighted by atomic mass is 9.79. The van der Waals surface area contributed by atoms with E-state index in [1.807, 2.05) is 11.8 Å². The molecule has 4 nitrogen and oxygen atoms in total. The van der Waals surface area contributed by atoms with Gasteiger partial charge in [0.25, 0.3) is 0 Å². The van der Waals surface area contributed by atoms with Crippen LogP contribution in [0, 0.1) is 17.8 Å². The topological polar surface area (TPSA) is 46.6 Å². The fraction of sp³-hybridized carbons (Fsp3) is 0.889. The maximum atomic E-state index is 12.5. The highest BCUT2D eigenvalue weighted by molar-refractivity contribution is 5.77. The Bertz CT molecular complexity index is 369. The third kappa shape index (κ3) is 4.72. The standard InChI is InChI=1S/C18H31NO3/c1-3-22-18(21)16-9-11-19(12-10-16)17(20)13-14(2)15-7-5-4-6-8-15/h14-16H,3-13H2,1-2H3/t14-/m0/s1. The molecule has 2 aliphatic rings. The molecule has 2 rings (SSSR count). The predicted molar refractivity (Wildman–Crippen MR) is 86.3 cm³/mol. The fourth-order valence-corrected chi connectivity index (χ4v) is 3.90. The number of nitrogens with zero attached hydrogens (tertiary/aromatic N) is 1. The normalized spacial score (nSPS) is 22.4. The molecule has 4 heteroatoms. The van der Waals surface area contributed by atoms with Gasteiger partial charge >= 0.3 is 5.97 Å². The zero-order valence-electron chi connectivity index (χ0n) is 14.2. The van der Waals surface area contributed by atoms with Crippen molar-refractivity contribution in [3.8, 4) is 0 Å². The summed E-state index contributed by atoms with van der Waals surface area (Å²) in [6.07, 6.45) is 8.78. The van der Waals surface area contributed by atoms with Gasteiger partial charge in [0.2, 0.25) is 5.91 Å². The largest absolute Gasteiger partial charge is 0.466 e. The Kier molecular flexibility index (Phi) is 6.71. The number of likely N-dealkylation sites (tertiary alicyclic amines) is 1. The lowest BCUT2D eigenvalue weighted by Gasteiger charge is -2.33. The van der Waals surface area contributed by atoms with E-state index in [2.05, 4.69) is 6.92 Å². The van der Waals surface area contributed by atoms with E-state index in [9.17, 15) is 9.59 Å². The summed E-state index contributed by atoms with van der Waals surface area (Å²) in [5.74, 6) is 1.40. The first-order chi connectivity index (χ1) is 10.6. The Balaban J connectivity index is 1.73. The van der Waals surface area contributed by atoms with Crippen LogP contribution in [-0.2, 0) is 14.3 Å². The van der Waals surface area contributed by atoms with Crippen LogP contribution in [-0.4, -0.2) is 36.5 Å². The third-order valence-electron chi connectivity index (χ3n) is 5.42. The maximum absolute atomic E-state index is 12.5. The molecule has 1 saturated carbocycles. The lowest BCUT2D eigenvalue weighted by Crippen LogP contribution is -2.41. The van der Waals surface area contributed by atoms with Gasteiger partial charge in [-0.3, -0.25) is 9.59 Å². The molecule has 0 aromatic carbocycles. The summed E-state index contributed by atoms with van der Waals surface area (Å²) >= 11 is 0. The summed E-state index contributed by atoms with van der Waals surface area (Å²) in [5.41, 5.74) is 0. The smallest absolute Gasteiger partial charge is 0.309 e. The van der Waals surface area contributed by atoms with Gasteiger partial charge in [0.05, 0.1) is 12.5 Å². The van der Waals surface area contributed by atoms with Crippen molar-refractivity contribution in [2.75, 3.05) is 19.7 Å². The number of amides is 1. The third-order valence-corrected chi connectivity index (χ3v) is 5.42. The lowest BCUT2D eigenvalue weighted by molar-refractivity contribution is -0.151.